The summed E-state index contributed by atoms with van der Waals surface area (Å²) in [4.78, 5) is 35.5. The zero-order chi connectivity index (χ0) is 23.0. The molecule has 0 aliphatic carbocycles. The molecule has 166 valence electrons. The highest BCUT2D eigenvalue weighted by Crippen LogP contribution is 2.26. The summed E-state index contributed by atoms with van der Waals surface area (Å²) in [6, 6.07) is 23.5. The number of hydrogen-bond acceptors (Lipinski definition) is 6. The van der Waals surface area contributed by atoms with Crippen LogP contribution in [0.4, 0.5) is 15.3 Å². The highest BCUT2D eigenvalue weighted by atomic mass is 32.2. The smallest absolute Gasteiger partial charge is 0.417 e. The topological polar surface area (TPSA) is 93.7 Å². The molecule has 0 spiro atoms. The largest absolute Gasteiger partial charge is 0.493 e. The molecule has 0 bridgehead atoms. The minimum absolute atomic E-state index is 0.364. The molecule has 0 aromatic heterocycles. The molecule has 1 heterocycles. The van der Waals surface area contributed by atoms with E-state index in [-0.39, 0.29) is 11.1 Å². The van der Waals surface area contributed by atoms with E-state index in [1.165, 1.54) is 0 Å². The maximum atomic E-state index is 12.2. The Kier molecular flexibility index (Phi) is 7.06. The van der Waals surface area contributed by atoms with E-state index < -0.39 is 6.09 Å². The van der Waals surface area contributed by atoms with Gasteiger partial charge in [-0.15, -0.1) is 0 Å². The molecule has 7 nitrogen and oxygen atoms in total. The van der Waals surface area contributed by atoms with Gasteiger partial charge in [0.2, 0.25) is 0 Å². The summed E-state index contributed by atoms with van der Waals surface area (Å²) in [6.07, 6.45) is 1.67. The molecule has 0 radical (unpaired) electrons. The molecule has 3 amide bonds. The molecule has 0 atom stereocenters. The molecular weight excluding hydrogens is 440 g/mol. The summed E-state index contributed by atoms with van der Waals surface area (Å²) in [5.74, 6) is 0.754. The van der Waals surface area contributed by atoms with Gasteiger partial charge < -0.3 is 9.47 Å². The van der Waals surface area contributed by atoms with Crippen LogP contribution in [0.25, 0.3) is 6.08 Å². The lowest BCUT2D eigenvalue weighted by atomic mass is 10.1. The third-order valence-corrected chi connectivity index (χ3v) is 5.48. The van der Waals surface area contributed by atoms with Gasteiger partial charge in [-0.3, -0.25) is 20.2 Å². The Bertz CT molecular complexity index is 1190. The highest BCUT2D eigenvalue weighted by Gasteiger charge is 2.24. The van der Waals surface area contributed by atoms with Crippen molar-refractivity contribution in [1.82, 2.24) is 5.32 Å². The fraction of sp³-hybridized carbons (Fsp3) is 0.0800. The van der Waals surface area contributed by atoms with Crippen molar-refractivity contribution in [3.05, 3.63) is 94.9 Å². The van der Waals surface area contributed by atoms with E-state index >= 15 is 0 Å². The second-order valence-electron chi connectivity index (χ2n) is 7.00. The van der Waals surface area contributed by atoms with Crippen molar-refractivity contribution in [2.45, 2.75) is 6.42 Å². The highest BCUT2D eigenvalue weighted by molar-refractivity contribution is 8.18. The molecule has 0 saturated carbocycles. The number of carbonyl (C=O) groups is 3. The average molecular weight is 461 g/mol. The van der Waals surface area contributed by atoms with Crippen LogP contribution in [-0.4, -0.2) is 23.8 Å². The fourth-order valence-corrected chi connectivity index (χ4v) is 3.79. The van der Waals surface area contributed by atoms with Crippen LogP contribution >= 0.6 is 11.8 Å². The Morgan fingerprint density at radius 3 is 2.36 bits per heavy atom. The second-order valence-corrected chi connectivity index (χ2v) is 8.02. The summed E-state index contributed by atoms with van der Waals surface area (Å²) in [5, 5.41) is 4.64. The minimum Gasteiger partial charge on any atom is -0.493 e. The van der Waals surface area contributed by atoms with E-state index in [1.807, 2.05) is 42.5 Å². The Balaban J connectivity index is 1.31. The maximum absolute atomic E-state index is 12.2. The van der Waals surface area contributed by atoms with Gasteiger partial charge in [0.05, 0.1) is 11.5 Å². The molecule has 33 heavy (non-hydrogen) atoms. The van der Waals surface area contributed by atoms with Gasteiger partial charge in [0.1, 0.15) is 11.5 Å². The number of thioether (sulfide) groups is 1. The average Bonchev–Trinajstić information content (AvgIpc) is 3.13. The van der Waals surface area contributed by atoms with Crippen LogP contribution < -0.4 is 20.1 Å². The SMILES string of the molecule is O=C(Nc1ccccc1CCOc1ccc(/C=C2/SC(=O)NC2=O)cc1)Oc1ccccc1. The van der Waals surface area contributed by atoms with Crippen LogP contribution in [0, 0.1) is 0 Å². The molecule has 1 aliphatic rings. The van der Waals surface area contributed by atoms with Gasteiger partial charge in [0.25, 0.3) is 11.1 Å². The van der Waals surface area contributed by atoms with E-state index in [0.29, 0.717) is 35.1 Å². The number of nitrogens with one attached hydrogen (secondary N) is 2. The predicted octanol–water partition coefficient (Wildman–Crippen LogP) is 5.24. The van der Waals surface area contributed by atoms with Crippen molar-refractivity contribution < 1.29 is 23.9 Å². The zero-order valence-electron chi connectivity index (χ0n) is 17.4. The molecular formula is C25H20N2O5S. The van der Waals surface area contributed by atoms with Crippen molar-refractivity contribution in [2.24, 2.45) is 0 Å². The van der Waals surface area contributed by atoms with Crippen molar-refractivity contribution >= 4 is 40.8 Å². The van der Waals surface area contributed by atoms with Crippen LogP contribution in [0.2, 0.25) is 0 Å². The first-order chi connectivity index (χ1) is 16.1. The third kappa shape index (κ3) is 6.24. The first-order valence-electron chi connectivity index (χ1n) is 10.2. The lowest BCUT2D eigenvalue weighted by molar-refractivity contribution is -0.115. The minimum atomic E-state index is -0.560. The fourth-order valence-electron chi connectivity index (χ4n) is 3.10. The molecule has 4 rings (SSSR count). The van der Waals surface area contributed by atoms with Gasteiger partial charge in [0.15, 0.2) is 0 Å². The van der Waals surface area contributed by atoms with Gasteiger partial charge in [0, 0.05) is 12.1 Å². The number of para-hydroxylation sites is 2. The summed E-state index contributed by atoms with van der Waals surface area (Å²) in [6.45, 7) is 0.402. The lowest BCUT2D eigenvalue weighted by Gasteiger charge is -2.12. The van der Waals surface area contributed by atoms with Crippen LogP contribution in [0.15, 0.2) is 83.8 Å². The number of benzene rings is 3. The second kappa shape index (κ2) is 10.5. The molecule has 1 aliphatic heterocycles. The van der Waals surface area contributed by atoms with Crippen LogP contribution in [0.3, 0.4) is 0 Å². The number of imide groups is 1. The number of ether oxygens (including phenoxy) is 2. The first-order valence-corrected chi connectivity index (χ1v) is 11.0. The van der Waals surface area contributed by atoms with Gasteiger partial charge in [-0.25, -0.2) is 4.79 Å². The number of anilines is 1. The quantitative estimate of drug-likeness (QED) is 0.468. The molecule has 0 unspecified atom stereocenters. The molecule has 1 fully saturated rings. The summed E-state index contributed by atoms with van der Waals surface area (Å²) >= 11 is 0.881. The van der Waals surface area contributed by atoms with E-state index in [2.05, 4.69) is 10.6 Å². The molecule has 3 aromatic rings. The molecule has 1 saturated heterocycles. The summed E-state index contributed by atoms with van der Waals surface area (Å²) in [5.41, 5.74) is 2.37. The lowest BCUT2D eigenvalue weighted by Crippen LogP contribution is -2.18. The standard InChI is InChI=1S/C25H20N2O5S/c28-23-22(33-25(30)27-23)16-17-10-12-19(13-11-17)31-15-14-18-6-4-5-9-21(18)26-24(29)32-20-7-2-1-3-8-20/h1-13,16H,14-15H2,(H,26,29)(H,27,28,30)/b22-16+. The van der Waals surface area contributed by atoms with Crippen molar-refractivity contribution in [3.63, 3.8) is 0 Å². The van der Waals surface area contributed by atoms with Gasteiger partial charge in [-0.05, 0) is 59.3 Å². The number of carbonyl (C=O) groups excluding carboxylic acids is 3. The summed E-state index contributed by atoms with van der Waals surface area (Å²) in [7, 11) is 0. The van der Waals surface area contributed by atoms with Gasteiger partial charge >= 0.3 is 6.09 Å². The van der Waals surface area contributed by atoms with E-state index in [9.17, 15) is 14.4 Å². The first kappa shape index (κ1) is 22.2. The maximum Gasteiger partial charge on any atom is 0.417 e. The Hall–Kier alpha value is -4.04. The zero-order valence-corrected chi connectivity index (χ0v) is 18.3. The normalized spacial score (nSPS) is 14.1. The van der Waals surface area contributed by atoms with Gasteiger partial charge in [-0.2, -0.15) is 0 Å². The predicted molar refractivity (Wildman–Crippen MR) is 127 cm³/mol. The Morgan fingerprint density at radius 2 is 1.64 bits per heavy atom. The van der Waals surface area contributed by atoms with Crippen LogP contribution in [-0.2, 0) is 11.2 Å². The van der Waals surface area contributed by atoms with Crippen molar-refractivity contribution in [3.8, 4) is 11.5 Å². The molecule has 3 aromatic carbocycles. The van der Waals surface area contributed by atoms with E-state index in [0.717, 1.165) is 22.9 Å². The van der Waals surface area contributed by atoms with E-state index in [4.69, 9.17) is 9.47 Å². The number of hydrogen-bond donors (Lipinski definition) is 2. The van der Waals surface area contributed by atoms with Crippen LogP contribution in [0.1, 0.15) is 11.1 Å². The van der Waals surface area contributed by atoms with Gasteiger partial charge in [-0.1, -0.05) is 48.5 Å². The number of amides is 3. The molecule has 2 N–H and O–H groups in total. The third-order valence-electron chi connectivity index (χ3n) is 4.67. The summed E-state index contributed by atoms with van der Waals surface area (Å²) < 4.78 is 11.1. The Morgan fingerprint density at radius 1 is 0.909 bits per heavy atom. The van der Waals surface area contributed by atoms with Crippen LogP contribution in [0.5, 0.6) is 11.5 Å². The van der Waals surface area contributed by atoms with Crippen molar-refractivity contribution in [1.29, 1.82) is 0 Å². The van der Waals surface area contributed by atoms with E-state index in [1.54, 1.807) is 42.5 Å². The Labute approximate surface area is 194 Å². The van der Waals surface area contributed by atoms with Crippen molar-refractivity contribution in [2.75, 3.05) is 11.9 Å². The monoisotopic (exact) mass is 460 g/mol. The molecule has 8 heteroatoms. The number of rotatable bonds is 7.